The summed E-state index contributed by atoms with van der Waals surface area (Å²) in [4.78, 5) is 12.7. The van der Waals surface area contributed by atoms with Crippen molar-refractivity contribution in [2.75, 3.05) is 6.54 Å². The van der Waals surface area contributed by atoms with Crippen molar-refractivity contribution in [3.63, 3.8) is 0 Å². The van der Waals surface area contributed by atoms with Crippen molar-refractivity contribution in [1.29, 1.82) is 0 Å². The lowest BCUT2D eigenvalue weighted by molar-refractivity contribution is -0.121. The first-order valence-electron chi connectivity index (χ1n) is 21.0. The molecule has 0 aromatic heterocycles. The number of amides is 1. The Morgan fingerprint density at radius 1 is 0.604 bits per heavy atom. The molecular weight excluding hydrogens is 619 g/mol. The van der Waals surface area contributed by atoms with Crippen LogP contribution in [0.1, 0.15) is 194 Å². The second-order valence-corrected chi connectivity index (χ2v) is 26.7. The van der Waals surface area contributed by atoms with Crippen LogP contribution >= 0.6 is 0 Å². The Morgan fingerprint density at radius 3 is 1.40 bits per heavy atom. The van der Waals surface area contributed by atoms with Crippen molar-refractivity contribution < 1.29 is 8.91 Å². The number of hydrogen-bond acceptors (Lipinski definition) is 2. The molecule has 0 spiro atoms. The lowest BCUT2D eigenvalue weighted by Gasteiger charge is -2.42. The number of carbonyl (C=O) groups is 1. The molecule has 0 aromatic carbocycles. The topological polar surface area (TPSA) is 38.3 Å². The van der Waals surface area contributed by atoms with E-state index in [9.17, 15) is 4.79 Å². The first kappa shape index (κ1) is 47.3. The number of carbonyl (C=O) groups excluding carboxylic acids is 1. The molecular formula is C43H87NO2Si2. The average Bonchev–Trinajstić information content (AvgIpc) is 3.01. The molecule has 0 radical (unpaired) electrons. The highest BCUT2D eigenvalue weighted by Gasteiger charge is 2.41. The van der Waals surface area contributed by atoms with Gasteiger partial charge in [0.2, 0.25) is 5.91 Å². The van der Waals surface area contributed by atoms with Crippen LogP contribution in [0.25, 0.3) is 0 Å². The zero-order chi connectivity index (χ0) is 36.0. The van der Waals surface area contributed by atoms with Crippen molar-refractivity contribution in [2.24, 2.45) is 5.92 Å². The van der Waals surface area contributed by atoms with E-state index in [2.05, 4.69) is 65.4 Å². The second kappa shape index (κ2) is 30.0. The number of nitrogens with one attached hydrogen (secondary N) is 1. The van der Waals surface area contributed by atoms with Gasteiger partial charge in [0, 0.05) is 13.0 Å². The van der Waals surface area contributed by atoms with Crippen LogP contribution in [-0.2, 0) is 8.91 Å². The molecule has 0 fully saturated rings. The van der Waals surface area contributed by atoms with Crippen LogP contribution in [0.3, 0.4) is 0 Å². The Labute approximate surface area is 305 Å². The second-order valence-electron chi connectivity index (χ2n) is 17.3. The minimum Gasteiger partial charge on any atom is -0.455 e. The summed E-state index contributed by atoms with van der Waals surface area (Å²) in [7, 11) is -3.23. The molecule has 0 aliphatic carbocycles. The molecule has 0 aromatic rings. The zero-order valence-electron chi connectivity index (χ0n) is 34.0. The van der Waals surface area contributed by atoms with Gasteiger partial charge in [-0.2, -0.15) is 0 Å². The summed E-state index contributed by atoms with van der Waals surface area (Å²) in [5.41, 5.74) is 0. The molecule has 0 rings (SSSR count). The average molecular weight is 706 g/mol. The van der Waals surface area contributed by atoms with Crippen molar-refractivity contribution in [1.82, 2.24) is 5.32 Å². The van der Waals surface area contributed by atoms with Gasteiger partial charge in [-0.3, -0.25) is 4.79 Å². The standard InChI is InChI=1S/C43H87NO2Si2/c1-10-12-14-16-18-20-24-28-32-36-41(37-33-29-25-21-19-17-15-13-11-2)40-44-42(45)38-34-30-26-22-23-27-31-35-39-47(6,7)46-48(8,9)43(3,4)5/h10-11,41H,1-2,12-40H2,3-9H3,(H,44,45). The highest BCUT2D eigenvalue weighted by atomic mass is 28.4. The van der Waals surface area contributed by atoms with Crippen molar-refractivity contribution in [3.8, 4) is 0 Å². The Morgan fingerprint density at radius 2 is 0.979 bits per heavy atom. The van der Waals surface area contributed by atoms with E-state index in [-0.39, 0.29) is 5.91 Å². The Kier molecular flexibility index (Phi) is 29.6. The van der Waals surface area contributed by atoms with Gasteiger partial charge in [0.1, 0.15) is 0 Å². The fourth-order valence-corrected chi connectivity index (χ4v) is 15.0. The van der Waals surface area contributed by atoms with Crippen molar-refractivity contribution >= 4 is 22.5 Å². The van der Waals surface area contributed by atoms with Gasteiger partial charge in [-0.25, -0.2) is 0 Å². The fraction of sp³-hybridized carbons (Fsp3) is 0.884. The number of allylic oxidation sites excluding steroid dienone is 2. The Hall–Kier alpha value is -0.656. The quantitative estimate of drug-likeness (QED) is 0.0405. The SMILES string of the molecule is C=CCCCCCCCCCC(CCCCCCCCCC=C)CNC(=O)CCCCCCCCCC[Si](C)(C)O[Si](C)(C)C(C)(C)C. The monoisotopic (exact) mass is 706 g/mol. The van der Waals surface area contributed by atoms with Gasteiger partial charge < -0.3 is 9.43 Å². The summed E-state index contributed by atoms with van der Waals surface area (Å²) in [5.74, 6) is 0.937. The maximum Gasteiger partial charge on any atom is 0.220 e. The maximum atomic E-state index is 12.7. The van der Waals surface area contributed by atoms with Crippen LogP contribution < -0.4 is 5.32 Å². The van der Waals surface area contributed by atoms with Crippen LogP contribution in [-0.4, -0.2) is 29.1 Å². The molecule has 0 heterocycles. The van der Waals surface area contributed by atoms with E-state index in [1.54, 1.807) is 0 Å². The van der Waals surface area contributed by atoms with Gasteiger partial charge >= 0.3 is 0 Å². The molecule has 0 saturated heterocycles. The third kappa shape index (κ3) is 29.1. The summed E-state index contributed by atoms with van der Waals surface area (Å²) in [5, 5.41) is 3.65. The number of unbranched alkanes of at least 4 members (excludes halogenated alkanes) is 21. The molecule has 48 heavy (non-hydrogen) atoms. The van der Waals surface area contributed by atoms with Crippen molar-refractivity contribution in [2.45, 2.75) is 231 Å². The normalized spacial score (nSPS) is 12.5. The lowest BCUT2D eigenvalue weighted by atomic mass is 9.93. The van der Waals surface area contributed by atoms with Gasteiger partial charge in [-0.15, -0.1) is 13.2 Å². The predicted molar refractivity (Wildman–Crippen MR) is 222 cm³/mol. The molecule has 0 aliphatic rings. The minimum absolute atomic E-state index is 0.283. The predicted octanol–water partition coefficient (Wildman–Crippen LogP) is 14.9. The van der Waals surface area contributed by atoms with Crippen LogP contribution in [0.4, 0.5) is 0 Å². The molecule has 3 nitrogen and oxygen atoms in total. The van der Waals surface area contributed by atoms with Crippen LogP contribution in [0.5, 0.6) is 0 Å². The first-order chi connectivity index (χ1) is 22.8. The van der Waals surface area contributed by atoms with Gasteiger partial charge in [-0.1, -0.05) is 155 Å². The summed E-state index contributed by atoms with van der Waals surface area (Å²) in [6, 6.07) is 1.29. The van der Waals surface area contributed by atoms with Crippen molar-refractivity contribution in [3.05, 3.63) is 25.3 Å². The molecule has 1 N–H and O–H groups in total. The number of rotatable bonds is 35. The smallest absolute Gasteiger partial charge is 0.220 e. The summed E-state index contributed by atoms with van der Waals surface area (Å²) in [6.45, 7) is 25.3. The Balaban J connectivity index is 4.13. The first-order valence-corrected chi connectivity index (χ1v) is 27.1. The van der Waals surface area contributed by atoms with Crippen LogP contribution in [0, 0.1) is 5.92 Å². The van der Waals surface area contributed by atoms with Crippen LogP contribution in [0.2, 0.25) is 37.3 Å². The summed E-state index contributed by atoms with van der Waals surface area (Å²) < 4.78 is 6.84. The fourth-order valence-electron chi connectivity index (χ4n) is 6.70. The van der Waals surface area contributed by atoms with Gasteiger partial charge in [-0.05, 0) is 88.1 Å². The molecule has 0 unspecified atom stereocenters. The molecule has 0 atom stereocenters. The summed E-state index contributed by atoms with van der Waals surface area (Å²) >= 11 is 0. The van der Waals surface area contributed by atoms with E-state index < -0.39 is 16.6 Å². The van der Waals surface area contributed by atoms with E-state index in [0.717, 1.165) is 25.8 Å². The summed E-state index contributed by atoms with van der Waals surface area (Å²) in [6.07, 6.45) is 38.7. The van der Waals surface area contributed by atoms with E-state index in [1.807, 2.05) is 12.2 Å². The highest BCUT2D eigenvalue weighted by molar-refractivity contribution is 6.86. The largest absolute Gasteiger partial charge is 0.455 e. The van der Waals surface area contributed by atoms with E-state index in [1.165, 1.54) is 154 Å². The van der Waals surface area contributed by atoms with Gasteiger partial charge in [0.25, 0.3) is 0 Å². The molecule has 5 heteroatoms. The third-order valence-electron chi connectivity index (χ3n) is 10.9. The molecule has 0 aliphatic heterocycles. The van der Waals surface area contributed by atoms with Gasteiger partial charge in [0.15, 0.2) is 16.6 Å². The third-order valence-corrected chi connectivity index (χ3v) is 20.3. The minimum atomic E-state index is -1.65. The maximum absolute atomic E-state index is 12.7. The van der Waals surface area contributed by atoms with E-state index in [4.69, 9.17) is 4.12 Å². The van der Waals surface area contributed by atoms with E-state index >= 15 is 0 Å². The van der Waals surface area contributed by atoms with Crippen LogP contribution in [0.15, 0.2) is 25.3 Å². The highest BCUT2D eigenvalue weighted by Crippen LogP contribution is 2.39. The zero-order valence-corrected chi connectivity index (χ0v) is 36.0. The molecule has 1 amide bonds. The lowest BCUT2D eigenvalue weighted by Crippen LogP contribution is -2.49. The van der Waals surface area contributed by atoms with E-state index in [0.29, 0.717) is 17.4 Å². The molecule has 0 bridgehead atoms. The number of hydrogen-bond donors (Lipinski definition) is 1. The van der Waals surface area contributed by atoms with Gasteiger partial charge in [0.05, 0.1) is 0 Å². The molecule has 0 saturated carbocycles. The molecule has 284 valence electrons. The Bertz CT molecular complexity index is 747.